The van der Waals surface area contributed by atoms with Crippen molar-refractivity contribution < 1.29 is 14.1 Å². The first-order valence-electron chi connectivity index (χ1n) is 8.28. The topological polar surface area (TPSA) is 58.8 Å². The number of hydrogen-bond donors (Lipinski definition) is 0. The Labute approximate surface area is 145 Å². The summed E-state index contributed by atoms with van der Waals surface area (Å²) in [6.45, 7) is 6.75. The highest BCUT2D eigenvalue weighted by molar-refractivity contribution is 7.09. The monoisotopic (exact) mass is 347 g/mol. The van der Waals surface area contributed by atoms with Gasteiger partial charge in [-0.25, -0.2) is 0 Å². The van der Waals surface area contributed by atoms with Gasteiger partial charge in [0.25, 0.3) is 5.91 Å². The maximum absolute atomic E-state index is 12.6. The van der Waals surface area contributed by atoms with E-state index in [1.807, 2.05) is 11.8 Å². The molecule has 1 amide bonds. The lowest BCUT2D eigenvalue weighted by molar-refractivity contribution is 0.0474. The third-order valence-corrected chi connectivity index (χ3v) is 5.56. The summed E-state index contributed by atoms with van der Waals surface area (Å²) in [7, 11) is 0. The van der Waals surface area contributed by atoms with Gasteiger partial charge in [0.2, 0.25) is 5.76 Å². The Balaban J connectivity index is 1.41. The molecule has 0 N–H and O–H groups in total. The van der Waals surface area contributed by atoms with Crippen molar-refractivity contribution in [1.29, 1.82) is 0 Å². The number of amides is 1. The molecule has 0 radical (unpaired) electrons. The molecule has 0 unspecified atom stereocenters. The molecule has 2 aliphatic heterocycles. The van der Waals surface area contributed by atoms with Crippen LogP contribution < -0.4 is 0 Å². The first kappa shape index (κ1) is 15.8. The number of hydrogen-bond acceptors (Lipinski definition) is 6. The Morgan fingerprint density at radius 3 is 3.08 bits per heavy atom. The van der Waals surface area contributed by atoms with Crippen molar-refractivity contribution >= 4 is 17.2 Å². The maximum Gasteiger partial charge on any atom is 0.292 e. The Morgan fingerprint density at radius 1 is 1.42 bits per heavy atom. The molecule has 2 atom stereocenters. The molecule has 0 aliphatic carbocycles. The number of aromatic nitrogens is 1. The van der Waals surface area contributed by atoms with Crippen molar-refractivity contribution in [3.05, 3.63) is 39.9 Å². The predicted molar refractivity (Wildman–Crippen MR) is 90.0 cm³/mol. The lowest BCUT2D eigenvalue weighted by Crippen LogP contribution is -2.33. The van der Waals surface area contributed by atoms with Crippen molar-refractivity contribution in [1.82, 2.24) is 15.0 Å². The van der Waals surface area contributed by atoms with Gasteiger partial charge in [-0.05, 0) is 18.4 Å². The Hall–Kier alpha value is -1.70. The zero-order chi connectivity index (χ0) is 16.5. The zero-order valence-electron chi connectivity index (χ0n) is 13.7. The molecular formula is C17H21N3O3S. The maximum atomic E-state index is 12.6. The minimum absolute atomic E-state index is 0.0860. The molecule has 0 spiro atoms. The second-order valence-corrected chi connectivity index (χ2v) is 7.56. The molecule has 4 rings (SSSR count). The van der Waals surface area contributed by atoms with Crippen LogP contribution in [0.15, 0.2) is 28.1 Å². The largest absolute Gasteiger partial charge is 0.375 e. The van der Waals surface area contributed by atoms with E-state index in [0.717, 1.165) is 31.9 Å². The molecule has 2 fully saturated rings. The van der Waals surface area contributed by atoms with E-state index < -0.39 is 0 Å². The van der Waals surface area contributed by atoms with E-state index in [1.54, 1.807) is 17.4 Å². The van der Waals surface area contributed by atoms with E-state index in [-0.39, 0.29) is 12.0 Å². The summed E-state index contributed by atoms with van der Waals surface area (Å²) in [6, 6.07) is 5.96. The van der Waals surface area contributed by atoms with Crippen LogP contribution >= 0.6 is 11.3 Å². The molecule has 0 aromatic carbocycles. The van der Waals surface area contributed by atoms with Gasteiger partial charge in [0.1, 0.15) is 0 Å². The van der Waals surface area contributed by atoms with Gasteiger partial charge in [-0.2, -0.15) is 0 Å². The van der Waals surface area contributed by atoms with Crippen LogP contribution in [-0.4, -0.2) is 59.8 Å². The summed E-state index contributed by atoms with van der Waals surface area (Å²) in [5, 5.41) is 5.92. The van der Waals surface area contributed by atoms with Crippen molar-refractivity contribution in [2.75, 3.05) is 32.8 Å². The number of thiophene rings is 1. The number of carbonyl (C=O) groups excluding carboxylic acids is 1. The van der Waals surface area contributed by atoms with Gasteiger partial charge in [-0.1, -0.05) is 11.2 Å². The van der Waals surface area contributed by atoms with E-state index >= 15 is 0 Å². The summed E-state index contributed by atoms with van der Waals surface area (Å²) in [5.74, 6) is 0.580. The number of nitrogens with zero attached hydrogens (tertiary/aromatic N) is 3. The number of rotatable bonds is 3. The minimum atomic E-state index is -0.0860. The Kier molecular flexibility index (Phi) is 4.39. The second kappa shape index (κ2) is 6.66. The molecule has 2 aromatic rings. The number of aryl methyl sites for hydroxylation is 1. The highest BCUT2D eigenvalue weighted by Crippen LogP contribution is 2.26. The fraction of sp³-hybridized carbons (Fsp3) is 0.529. The molecule has 2 aliphatic rings. The predicted octanol–water partition coefficient (Wildman–Crippen LogP) is 2.02. The smallest absolute Gasteiger partial charge is 0.292 e. The minimum Gasteiger partial charge on any atom is -0.375 e. The average Bonchev–Trinajstić information content (AvgIpc) is 3.28. The van der Waals surface area contributed by atoms with E-state index in [0.29, 0.717) is 24.8 Å². The van der Waals surface area contributed by atoms with E-state index in [9.17, 15) is 4.79 Å². The molecule has 4 heterocycles. The summed E-state index contributed by atoms with van der Waals surface area (Å²) >= 11 is 1.79. The third kappa shape index (κ3) is 3.24. The Morgan fingerprint density at radius 2 is 2.33 bits per heavy atom. The number of fused-ring (bicyclic) bond motifs is 1. The van der Waals surface area contributed by atoms with Crippen molar-refractivity contribution in [3.63, 3.8) is 0 Å². The molecule has 2 aromatic heterocycles. The van der Waals surface area contributed by atoms with Crippen LogP contribution in [-0.2, 0) is 11.3 Å². The SMILES string of the molecule is Cc1cc(C(=O)N2C[C@H]3CN(Cc4cccs4)CCO[C@H]3C2)on1. The summed E-state index contributed by atoms with van der Waals surface area (Å²) < 4.78 is 11.1. The fourth-order valence-corrected chi connectivity index (χ4v) is 4.26. The zero-order valence-corrected chi connectivity index (χ0v) is 14.5. The van der Waals surface area contributed by atoms with E-state index in [2.05, 4.69) is 27.6 Å². The standard InChI is InChI=1S/C17H21N3O3S/c1-12-7-15(23-18-12)17(21)20-9-13-8-19(4-5-22-16(13)11-20)10-14-3-2-6-24-14/h2-3,6-7,13,16H,4-5,8-11H2,1H3/t13-,16+/m1/s1. The highest BCUT2D eigenvalue weighted by atomic mass is 32.1. The van der Waals surface area contributed by atoms with Crippen LogP contribution in [0, 0.1) is 12.8 Å². The van der Waals surface area contributed by atoms with Crippen molar-refractivity contribution in [2.24, 2.45) is 5.92 Å². The third-order valence-electron chi connectivity index (χ3n) is 4.70. The number of likely N-dealkylation sites (tertiary alicyclic amines) is 1. The molecule has 128 valence electrons. The molecule has 2 saturated heterocycles. The number of carbonyl (C=O) groups is 1. The van der Waals surface area contributed by atoms with Crippen molar-refractivity contribution in [2.45, 2.75) is 19.6 Å². The molecule has 0 bridgehead atoms. The van der Waals surface area contributed by atoms with Crippen LogP contribution in [0.5, 0.6) is 0 Å². The second-order valence-electron chi connectivity index (χ2n) is 6.53. The molecule has 0 saturated carbocycles. The Bertz CT molecular complexity index is 700. The first-order valence-corrected chi connectivity index (χ1v) is 9.16. The lowest BCUT2D eigenvalue weighted by Gasteiger charge is -2.22. The normalized spacial score (nSPS) is 24.8. The van der Waals surface area contributed by atoms with Crippen molar-refractivity contribution in [3.8, 4) is 0 Å². The number of ether oxygens (including phenoxy) is 1. The molecule has 7 heteroatoms. The van der Waals surface area contributed by atoms with Gasteiger partial charge in [0.05, 0.1) is 18.4 Å². The summed E-state index contributed by atoms with van der Waals surface area (Å²) in [4.78, 5) is 18.2. The molecular weight excluding hydrogens is 326 g/mol. The van der Waals surface area contributed by atoms with Crippen LogP contribution in [0.3, 0.4) is 0 Å². The van der Waals surface area contributed by atoms with Crippen LogP contribution in [0.25, 0.3) is 0 Å². The summed E-state index contributed by atoms with van der Waals surface area (Å²) in [6.07, 6.45) is 0.117. The fourth-order valence-electron chi connectivity index (χ4n) is 3.51. The molecule has 24 heavy (non-hydrogen) atoms. The molecule has 6 nitrogen and oxygen atoms in total. The highest BCUT2D eigenvalue weighted by Gasteiger charge is 2.39. The van der Waals surface area contributed by atoms with Gasteiger partial charge in [-0.15, -0.1) is 11.3 Å². The van der Waals surface area contributed by atoms with E-state index in [1.165, 1.54) is 4.88 Å². The van der Waals surface area contributed by atoms with Gasteiger partial charge < -0.3 is 14.2 Å². The first-order chi connectivity index (χ1) is 11.7. The van der Waals surface area contributed by atoms with Crippen LogP contribution in [0.4, 0.5) is 0 Å². The van der Waals surface area contributed by atoms with Gasteiger partial charge in [0.15, 0.2) is 0 Å². The quantitative estimate of drug-likeness (QED) is 0.850. The summed E-state index contributed by atoms with van der Waals surface area (Å²) in [5.41, 5.74) is 0.727. The average molecular weight is 347 g/mol. The van der Waals surface area contributed by atoms with Crippen LogP contribution in [0.1, 0.15) is 21.1 Å². The van der Waals surface area contributed by atoms with Gasteiger partial charge in [0, 0.05) is 49.6 Å². The lowest BCUT2D eigenvalue weighted by atomic mass is 10.1. The van der Waals surface area contributed by atoms with Crippen LogP contribution in [0.2, 0.25) is 0 Å². The van der Waals surface area contributed by atoms with Gasteiger partial charge >= 0.3 is 0 Å². The van der Waals surface area contributed by atoms with E-state index in [4.69, 9.17) is 9.26 Å². The van der Waals surface area contributed by atoms with Gasteiger partial charge in [-0.3, -0.25) is 9.69 Å².